The van der Waals surface area contributed by atoms with Crippen LogP contribution in [-0.2, 0) is 4.74 Å². The van der Waals surface area contributed by atoms with E-state index in [4.69, 9.17) is 4.74 Å². The standard InChI is InChI=1S/C9H11N2O/c1-2-4-10-9(3-1)11-5-7-12-8-6-11/h1-4,7H,5-6,8H2. The first kappa shape index (κ1) is 7.55. The first-order chi connectivity index (χ1) is 5.97. The second kappa shape index (κ2) is 3.54. The van der Waals surface area contributed by atoms with Gasteiger partial charge in [0.1, 0.15) is 12.4 Å². The number of aromatic nitrogens is 1. The summed E-state index contributed by atoms with van der Waals surface area (Å²) in [6, 6.07) is 5.94. The number of hydrogen-bond acceptors (Lipinski definition) is 3. The summed E-state index contributed by atoms with van der Waals surface area (Å²) in [5.74, 6) is 1.03. The maximum absolute atomic E-state index is 5.13. The number of hydrogen-bond donors (Lipinski definition) is 0. The van der Waals surface area contributed by atoms with Gasteiger partial charge in [0.25, 0.3) is 0 Å². The van der Waals surface area contributed by atoms with E-state index >= 15 is 0 Å². The predicted octanol–water partition coefficient (Wildman–Crippen LogP) is 1.08. The highest BCUT2D eigenvalue weighted by Crippen LogP contribution is 2.11. The maximum Gasteiger partial charge on any atom is 0.128 e. The molecule has 0 bridgehead atoms. The lowest BCUT2D eigenvalue weighted by Gasteiger charge is -2.27. The fraction of sp³-hybridized carbons (Fsp3) is 0.333. The highest BCUT2D eigenvalue weighted by molar-refractivity contribution is 5.38. The van der Waals surface area contributed by atoms with Crippen molar-refractivity contribution in [3.8, 4) is 0 Å². The van der Waals surface area contributed by atoms with Gasteiger partial charge in [0, 0.05) is 19.3 Å². The van der Waals surface area contributed by atoms with Gasteiger partial charge in [-0.2, -0.15) is 0 Å². The van der Waals surface area contributed by atoms with Gasteiger partial charge in [-0.05, 0) is 12.1 Å². The molecule has 0 aromatic carbocycles. The second-order valence-corrected chi connectivity index (χ2v) is 2.67. The molecular formula is C9H11N2O. The van der Waals surface area contributed by atoms with Crippen molar-refractivity contribution in [2.45, 2.75) is 0 Å². The third kappa shape index (κ3) is 1.56. The van der Waals surface area contributed by atoms with Crippen LogP contribution in [0.4, 0.5) is 5.82 Å². The van der Waals surface area contributed by atoms with Crippen molar-refractivity contribution in [3.63, 3.8) is 0 Å². The molecule has 63 valence electrons. The second-order valence-electron chi connectivity index (χ2n) is 2.67. The topological polar surface area (TPSA) is 25.4 Å². The molecule has 1 fully saturated rings. The monoisotopic (exact) mass is 163 g/mol. The summed E-state index contributed by atoms with van der Waals surface area (Å²) in [7, 11) is 0. The zero-order valence-corrected chi connectivity index (χ0v) is 6.81. The minimum atomic E-state index is 0.760. The van der Waals surface area contributed by atoms with Gasteiger partial charge in [-0.15, -0.1) is 0 Å². The molecule has 12 heavy (non-hydrogen) atoms. The molecule has 0 N–H and O–H groups in total. The molecule has 1 aromatic rings. The quantitative estimate of drug-likeness (QED) is 0.619. The van der Waals surface area contributed by atoms with Crippen molar-refractivity contribution >= 4 is 5.82 Å². The van der Waals surface area contributed by atoms with Crippen molar-refractivity contribution < 1.29 is 4.74 Å². The maximum atomic E-state index is 5.13. The van der Waals surface area contributed by atoms with E-state index in [1.54, 1.807) is 0 Å². The number of pyridine rings is 1. The zero-order valence-electron chi connectivity index (χ0n) is 6.81. The van der Waals surface area contributed by atoms with Gasteiger partial charge in [-0.1, -0.05) is 6.07 Å². The molecule has 1 aromatic heterocycles. The van der Waals surface area contributed by atoms with Gasteiger partial charge in [0.2, 0.25) is 0 Å². The van der Waals surface area contributed by atoms with Gasteiger partial charge in [0.15, 0.2) is 0 Å². The molecule has 1 aliphatic rings. The summed E-state index contributed by atoms with van der Waals surface area (Å²) >= 11 is 0. The van der Waals surface area contributed by atoms with Crippen molar-refractivity contribution in [1.29, 1.82) is 0 Å². The average molecular weight is 163 g/mol. The van der Waals surface area contributed by atoms with Crippen LogP contribution in [0.1, 0.15) is 0 Å². The third-order valence-corrected chi connectivity index (χ3v) is 1.87. The fourth-order valence-corrected chi connectivity index (χ4v) is 1.23. The van der Waals surface area contributed by atoms with E-state index in [1.807, 2.05) is 31.0 Å². The third-order valence-electron chi connectivity index (χ3n) is 1.87. The first-order valence-electron chi connectivity index (χ1n) is 4.06. The van der Waals surface area contributed by atoms with Crippen LogP contribution in [-0.4, -0.2) is 24.7 Å². The smallest absolute Gasteiger partial charge is 0.128 e. The Labute approximate surface area is 72.0 Å². The van der Waals surface area contributed by atoms with Crippen LogP contribution < -0.4 is 4.90 Å². The van der Waals surface area contributed by atoms with E-state index in [0.717, 1.165) is 25.5 Å². The van der Waals surface area contributed by atoms with Crippen LogP contribution in [0, 0.1) is 6.61 Å². The molecule has 0 aliphatic carbocycles. The van der Waals surface area contributed by atoms with Crippen molar-refractivity contribution in [3.05, 3.63) is 31.0 Å². The summed E-state index contributed by atoms with van der Waals surface area (Å²) in [6.45, 7) is 4.33. The van der Waals surface area contributed by atoms with E-state index < -0.39 is 0 Å². The van der Waals surface area contributed by atoms with E-state index in [0.29, 0.717) is 0 Å². The Hall–Kier alpha value is -1.09. The Morgan fingerprint density at radius 1 is 1.42 bits per heavy atom. The Kier molecular flexibility index (Phi) is 2.23. The highest BCUT2D eigenvalue weighted by Gasteiger charge is 2.11. The van der Waals surface area contributed by atoms with Crippen LogP contribution in [0.15, 0.2) is 24.4 Å². The Morgan fingerprint density at radius 2 is 2.42 bits per heavy atom. The van der Waals surface area contributed by atoms with E-state index in [-0.39, 0.29) is 0 Å². The van der Waals surface area contributed by atoms with Gasteiger partial charge >= 0.3 is 0 Å². The zero-order chi connectivity index (χ0) is 8.23. The molecule has 1 aliphatic heterocycles. The van der Waals surface area contributed by atoms with Crippen molar-refractivity contribution in [2.24, 2.45) is 0 Å². The highest BCUT2D eigenvalue weighted by atomic mass is 16.5. The van der Waals surface area contributed by atoms with Gasteiger partial charge in [-0.25, -0.2) is 4.98 Å². The molecule has 3 heteroatoms. The minimum absolute atomic E-state index is 0.760. The lowest BCUT2D eigenvalue weighted by molar-refractivity contribution is 0.181. The predicted molar refractivity (Wildman–Crippen MR) is 46.7 cm³/mol. The molecule has 3 nitrogen and oxygen atoms in total. The Balaban J connectivity index is 2.08. The van der Waals surface area contributed by atoms with Gasteiger partial charge in [0.05, 0.1) is 6.61 Å². The Bertz CT molecular complexity index is 232. The summed E-state index contributed by atoms with van der Waals surface area (Å²) < 4.78 is 5.13. The SMILES string of the molecule is [CH]1CN(c2ccccn2)CCO1. The molecule has 0 saturated carbocycles. The lowest BCUT2D eigenvalue weighted by atomic mass is 10.4. The molecule has 1 saturated heterocycles. The number of ether oxygens (including phenoxy) is 1. The van der Waals surface area contributed by atoms with E-state index in [1.165, 1.54) is 0 Å². The molecule has 2 rings (SSSR count). The molecule has 2 heterocycles. The largest absolute Gasteiger partial charge is 0.372 e. The van der Waals surface area contributed by atoms with Crippen LogP contribution in [0.3, 0.4) is 0 Å². The lowest BCUT2D eigenvalue weighted by Crippen LogP contribution is -2.34. The minimum Gasteiger partial charge on any atom is -0.372 e. The Morgan fingerprint density at radius 3 is 3.08 bits per heavy atom. The summed E-state index contributed by atoms with van der Waals surface area (Å²) in [4.78, 5) is 6.44. The summed E-state index contributed by atoms with van der Waals surface area (Å²) in [5.41, 5.74) is 0. The number of rotatable bonds is 1. The molecule has 0 amide bonds. The van der Waals surface area contributed by atoms with Gasteiger partial charge < -0.3 is 9.64 Å². The first-order valence-corrected chi connectivity index (χ1v) is 4.06. The van der Waals surface area contributed by atoms with Crippen LogP contribution in [0.2, 0.25) is 0 Å². The molecule has 0 atom stereocenters. The van der Waals surface area contributed by atoms with E-state index in [2.05, 4.69) is 9.88 Å². The van der Waals surface area contributed by atoms with E-state index in [9.17, 15) is 0 Å². The van der Waals surface area contributed by atoms with Crippen LogP contribution in [0.25, 0.3) is 0 Å². The van der Waals surface area contributed by atoms with Gasteiger partial charge in [-0.3, -0.25) is 0 Å². The fourth-order valence-electron chi connectivity index (χ4n) is 1.23. The summed E-state index contributed by atoms with van der Waals surface area (Å²) in [5, 5.41) is 0. The number of anilines is 1. The average Bonchev–Trinajstić information content (AvgIpc) is 2.21. The van der Waals surface area contributed by atoms with Crippen LogP contribution >= 0.6 is 0 Å². The number of morpholine rings is 1. The molecule has 1 radical (unpaired) electrons. The molecule has 0 spiro atoms. The van der Waals surface area contributed by atoms with Crippen molar-refractivity contribution in [2.75, 3.05) is 24.6 Å². The van der Waals surface area contributed by atoms with Crippen LogP contribution in [0.5, 0.6) is 0 Å². The van der Waals surface area contributed by atoms with Crippen molar-refractivity contribution in [1.82, 2.24) is 4.98 Å². The normalized spacial score (nSPS) is 17.8. The molecular weight excluding hydrogens is 152 g/mol. The number of nitrogens with zero attached hydrogens (tertiary/aromatic N) is 2. The summed E-state index contributed by atoms with van der Waals surface area (Å²) in [6.07, 6.45) is 1.81. The molecule has 0 unspecified atom stereocenters.